The second kappa shape index (κ2) is 6.12. The highest BCUT2D eigenvalue weighted by Gasteiger charge is 2.21. The summed E-state index contributed by atoms with van der Waals surface area (Å²) in [6, 6.07) is 15.9. The number of aliphatic hydroxyl groups is 1. The molecule has 2 rings (SSSR count). The molecule has 0 aromatic heterocycles. The minimum atomic E-state index is -0.596. The third-order valence-corrected chi connectivity index (χ3v) is 3.62. The van der Waals surface area contributed by atoms with Crippen LogP contribution in [0.4, 0.5) is 5.69 Å². The number of rotatable bonds is 4. The van der Waals surface area contributed by atoms with Crippen molar-refractivity contribution < 1.29 is 10.0 Å². The van der Waals surface area contributed by atoms with Gasteiger partial charge in [0.2, 0.25) is 0 Å². The van der Waals surface area contributed by atoms with E-state index in [9.17, 15) is 15.2 Å². The second-order valence-electron chi connectivity index (χ2n) is 4.11. The van der Waals surface area contributed by atoms with Gasteiger partial charge in [0.05, 0.1) is 4.92 Å². The fourth-order valence-corrected chi connectivity index (χ4v) is 2.80. The minimum Gasteiger partial charge on any atom is -0.382 e. The zero-order chi connectivity index (χ0) is 13.8. The monoisotopic (exact) mass is 369 g/mol. The summed E-state index contributed by atoms with van der Waals surface area (Å²) in [5.41, 5.74) is 1.90. The molecule has 2 unspecified atom stereocenters. The van der Waals surface area contributed by atoms with Gasteiger partial charge in [-0.3, -0.25) is 10.1 Å². The molecule has 2 aromatic rings. The van der Waals surface area contributed by atoms with Crippen LogP contribution in [0.1, 0.15) is 17.0 Å². The first-order valence-corrected chi connectivity index (χ1v) is 6.95. The summed E-state index contributed by atoms with van der Waals surface area (Å²) >= 11 is 1.96. The molecule has 4 nitrogen and oxygen atoms in total. The predicted octanol–water partition coefficient (Wildman–Crippen LogP) is 3.48. The number of nitro benzene ring substituents is 1. The molecule has 2 aromatic carbocycles. The van der Waals surface area contributed by atoms with Crippen molar-refractivity contribution >= 4 is 28.3 Å². The number of aliphatic hydroxyl groups excluding tert-OH is 1. The van der Waals surface area contributed by atoms with Gasteiger partial charge in [-0.1, -0.05) is 65.1 Å². The Morgan fingerprint density at radius 3 is 2.00 bits per heavy atom. The Bertz CT molecular complexity index is 555. The molecule has 2 atom stereocenters. The van der Waals surface area contributed by atoms with Crippen molar-refractivity contribution in [2.24, 2.45) is 0 Å². The second-order valence-corrected chi connectivity index (χ2v) is 5.39. The summed E-state index contributed by atoms with van der Waals surface area (Å²) in [4.78, 5) is 10.2. The lowest BCUT2D eigenvalue weighted by molar-refractivity contribution is -0.384. The van der Waals surface area contributed by atoms with Crippen molar-refractivity contribution in [2.45, 2.75) is 10.0 Å². The molecular formula is C14H12INO3. The van der Waals surface area contributed by atoms with Crippen molar-refractivity contribution in [1.29, 1.82) is 0 Å². The van der Waals surface area contributed by atoms with Crippen LogP contribution in [0.2, 0.25) is 0 Å². The summed E-state index contributed by atoms with van der Waals surface area (Å²) in [7, 11) is 0. The zero-order valence-corrected chi connectivity index (χ0v) is 12.1. The number of non-ortho nitro benzene ring substituents is 1. The SMILES string of the molecule is O=[N+]([O-])c1ccc(C(c2ccccc2)C(O)I)cc1. The average Bonchev–Trinajstić information content (AvgIpc) is 2.40. The van der Waals surface area contributed by atoms with Crippen LogP contribution in [0, 0.1) is 10.1 Å². The van der Waals surface area contributed by atoms with Crippen LogP contribution in [0.15, 0.2) is 54.6 Å². The molecule has 5 heteroatoms. The van der Waals surface area contributed by atoms with Gasteiger partial charge in [-0.05, 0) is 11.1 Å². The van der Waals surface area contributed by atoms with Gasteiger partial charge in [-0.2, -0.15) is 0 Å². The van der Waals surface area contributed by atoms with Crippen molar-refractivity contribution in [3.8, 4) is 0 Å². The topological polar surface area (TPSA) is 63.4 Å². The fraction of sp³-hybridized carbons (Fsp3) is 0.143. The summed E-state index contributed by atoms with van der Waals surface area (Å²) in [5.74, 6) is -0.192. The van der Waals surface area contributed by atoms with Crippen LogP contribution in [0.3, 0.4) is 0 Å². The van der Waals surface area contributed by atoms with Gasteiger partial charge in [0.1, 0.15) is 4.11 Å². The lowest BCUT2D eigenvalue weighted by Gasteiger charge is -2.19. The Balaban J connectivity index is 2.37. The number of alkyl halides is 1. The van der Waals surface area contributed by atoms with Gasteiger partial charge in [0, 0.05) is 18.1 Å². The normalized spacial score (nSPS) is 13.8. The van der Waals surface area contributed by atoms with Crippen LogP contribution in [-0.4, -0.2) is 14.1 Å². The molecule has 0 heterocycles. The molecule has 98 valence electrons. The summed E-state index contributed by atoms with van der Waals surface area (Å²) in [6.07, 6.45) is 0. The lowest BCUT2D eigenvalue weighted by Crippen LogP contribution is -2.13. The van der Waals surface area contributed by atoms with E-state index in [-0.39, 0.29) is 11.6 Å². The highest BCUT2D eigenvalue weighted by atomic mass is 127. The third-order valence-electron chi connectivity index (χ3n) is 2.90. The number of hydrogen-bond donors (Lipinski definition) is 1. The first kappa shape index (κ1) is 14.0. The molecule has 0 aliphatic carbocycles. The number of halogens is 1. The molecule has 1 N–H and O–H groups in total. The Morgan fingerprint density at radius 1 is 1.00 bits per heavy atom. The summed E-state index contributed by atoms with van der Waals surface area (Å²) < 4.78 is -0.596. The first-order valence-electron chi connectivity index (χ1n) is 5.71. The average molecular weight is 369 g/mol. The Labute approximate surface area is 124 Å². The van der Waals surface area contributed by atoms with E-state index in [4.69, 9.17) is 0 Å². The molecule has 0 bridgehead atoms. The van der Waals surface area contributed by atoms with Crippen LogP contribution in [-0.2, 0) is 0 Å². The quantitative estimate of drug-likeness (QED) is 0.389. The lowest BCUT2D eigenvalue weighted by atomic mass is 9.92. The van der Waals surface area contributed by atoms with E-state index >= 15 is 0 Å². The molecule has 0 saturated carbocycles. The van der Waals surface area contributed by atoms with Gasteiger partial charge in [0.15, 0.2) is 0 Å². The molecular weight excluding hydrogens is 357 g/mol. The number of hydrogen-bond acceptors (Lipinski definition) is 3. The standard InChI is InChI=1S/C14H12INO3/c15-14(17)13(10-4-2-1-3-5-10)11-6-8-12(9-7-11)16(18)19/h1-9,13-14,17H. The number of nitro groups is 1. The van der Waals surface area contributed by atoms with Crippen LogP contribution < -0.4 is 0 Å². The Morgan fingerprint density at radius 2 is 1.53 bits per heavy atom. The smallest absolute Gasteiger partial charge is 0.269 e. The van der Waals surface area contributed by atoms with Gasteiger partial charge in [-0.25, -0.2) is 0 Å². The summed E-state index contributed by atoms with van der Waals surface area (Å²) in [6.45, 7) is 0. The molecule has 19 heavy (non-hydrogen) atoms. The van der Waals surface area contributed by atoms with E-state index in [1.165, 1.54) is 12.1 Å². The van der Waals surface area contributed by atoms with Crippen LogP contribution >= 0.6 is 22.6 Å². The maximum atomic E-state index is 10.6. The van der Waals surface area contributed by atoms with E-state index in [2.05, 4.69) is 0 Å². The van der Waals surface area contributed by atoms with E-state index in [1.807, 2.05) is 52.9 Å². The molecule has 0 amide bonds. The molecule has 0 fully saturated rings. The first-order chi connectivity index (χ1) is 9.09. The minimum absolute atomic E-state index is 0.0542. The molecule has 0 aliphatic rings. The van der Waals surface area contributed by atoms with Crippen molar-refractivity contribution in [2.75, 3.05) is 0 Å². The molecule has 0 spiro atoms. The van der Waals surface area contributed by atoms with Crippen LogP contribution in [0.5, 0.6) is 0 Å². The Kier molecular flexibility index (Phi) is 4.49. The zero-order valence-electron chi connectivity index (χ0n) is 9.94. The van der Waals surface area contributed by atoms with Crippen molar-refractivity contribution in [3.05, 3.63) is 75.8 Å². The fourth-order valence-electron chi connectivity index (χ4n) is 1.97. The van der Waals surface area contributed by atoms with Crippen molar-refractivity contribution in [1.82, 2.24) is 0 Å². The van der Waals surface area contributed by atoms with E-state index in [0.717, 1.165) is 11.1 Å². The maximum absolute atomic E-state index is 10.6. The van der Waals surface area contributed by atoms with Gasteiger partial charge in [-0.15, -0.1) is 0 Å². The molecule has 0 saturated heterocycles. The number of benzene rings is 2. The van der Waals surface area contributed by atoms with Crippen LogP contribution in [0.25, 0.3) is 0 Å². The highest BCUT2D eigenvalue weighted by molar-refractivity contribution is 14.1. The van der Waals surface area contributed by atoms with Crippen molar-refractivity contribution in [3.63, 3.8) is 0 Å². The summed E-state index contributed by atoms with van der Waals surface area (Å²) in [5, 5.41) is 20.6. The van der Waals surface area contributed by atoms with Gasteiger partial charge < -0.3 is 5.11 Å². The van der Waals surface area contributed by atoms with E-state index in [1.54, 1.807) is 12.1 Å². The highest BCUT2D eigenvalue weighted by Crippen LogP contribution is 2.31. The van der Waals surface area contributed by atoms with Gasteiger partial charge >= 0.3 is 0 Å². The predicted molar refractivity (Wildman–Crippen MR) is 81.4 cm³/mol. The Hall–Kier alpha value is -1.47. The molecule has 0 radical (unpaired) electrons. The van der Waals surface area contributed by atoms with Gasteiger partial charge in [0.25, 0.3) is 5.69 Å². The maximum Gasteiger partial charge on any atom is 0.269 e. The third kappa shape index (κ3) is 3.30. The van der Waals surface area contributed by atoms with E-state index < -0.39 is 9.03 Å². The van der Waals surface area contributed by atoms with E-state index in [0.29, 0.717) is 0 Å². The molecule has 0 aliphatic heterocycles. The number of nitrogens with zero attached hydrogens (tertiary/aromatic N) is 1. The largest absolute Gasteiger partial charge is 0.382 e.